The molecule has 1 aliphatic rings. The number of halogens is 1. The molecule has 7 heteroatoms. The third-order valence-electron chi connectivity index (χ3n) is 4.81. The van der Waals surface area contributed by atoms with Crippen LogP contribution in [0.4, 0.5) is 5.69 Å². The minimum Gasteiger partial charge on any atom is -0.371 e. The van der Waals surface area contributed by atoms with Crippen LogP contribution in [0.2, 0.25) is 5.02 Å². The van der Waals surface area contributed by atoms with Gasteiger partial charge in [-0.3, -0.25) is 9.89 Å². The topological polar surface area (TPSA) is 70.2 Å². The summed E-state index contributed by atoms with van der Waals surface area (Å²) in [5.74, 6) is -0.163. The van der Waals surface area contributed by atoms with Gasteiger partial charge in [0.2, 0.25) is 0 Å². The van der Waals surface area contributed by atoms with Gasteiger partial charge in [0, 0.05) is 36.4 Å². The third-order valence-corrected chi connectivity index (χ3v) is 5.05. The Bertz CT molecular complexity index is 965. The lowest BCUT2D eigenvalue weighted by Crippen LogP contribution is -2.33. The number of aromatic amines is 1. The normalized spacial score (nSPS) is 16.7. The summed E-state index contributed by atoms with van der Waals surface area (Å²) in [6, 6.07) is 17.0. The molecule has 0 radical (unpaired) electrons. The first-order chi connectivity index (χ1) is 13.6. The van der Waals surface area contributed by atoms with Gasteiger partial charge in [-0.1, -0.05) is 35.9 Å². The molecule has 0 spiro atoms. The van der Waals surface area contributed by atoms with Gasteiger partial charge in [-0.05, 0) is 35.9 Å². The largest absolute Gasteiger partial charge is 0.371 e. The summed E-state index contributed by atoms with van der Waals surface area (Å²) in [6.07, 6.45) is 0.0525. The van der Waals surface area contributed by atoms with Gasteiger partial charge < -0.3 is 15.0 Å². The monoisotopic (exact) mass is 396 g/mol. The van der Waals surface area contributed by atoms with Crippen LogP contribution in [0.1, 0.15) is 22.2 Å². The first kappa shape index (κ1) is 18.7. The molecule has 1 saturated heterocycles. The molecular weight excluding hydrogens is 376 g/mol. The van der Waals surface area contributed by atoms with Crippen molar-refractivity contribution in [3.8, 4) is 11.3 Å². The molecule has 144 valence electrons. The zero-order chi connectivity index (χ0) is 19.5. The summed E-state index contributed by atoms with van der Waals surface area (Å²) in [5.41, 5.74) is 3.85. The van der Waals surface area contributed by atoms with Crippen molar-refractivity contribution in [2.24, 2.45) is 0 Å². The number of hydrogen-bond acceptors (Lipinski definition) is 4. The van der Waals surface area contributed by atoms with Crippen molar-refractivity contribution in [1.29, 1.82) is 0 Å². The fourth-order valence-corrected chi connectivity index (χ4v) is 3.41. The Labute approximate surface area is 168 Å². The maximum atomic E-state index is 12.8. The summed E-state index contributed by atoms with van der Waals surface area (Å²) in [4.78, 5) is 14.4. The molecule has 3 aromatic rings. The van der Waals surface area contributed by atoms with Crippen molar-refractivity contribution in [1.82, 2.24) is 15.5 Å². The number of carbonyl (C=O) groups is 1. The summed E-state index contributed by atoms with van der Waals surface area (Å²) in [7, 11) is 1.75. The number of rotatable bonds is 4. The van der Waals surface area contributed by atoms with E-state index in [1.807, 2.05) is 42.5 Å². The molecule has 1 amide bonds. The number of benzene rings is 2. The second-order valence-corrected chi connectivity index (χ2v) is 7.13. The minimum absolute atomic E-state index is 0.0525. The second-order valence-electron chi connectivity index (χ2n) is 6.70. The molecule has 1 aliphatic heterocycles. The Morgan fingerprint density at radius 2 is 2.04 bits per heavy atom. The summed E-state index contributed by atoms with van der Waals surface area (Å²) >= 11 is 6.04. The van der Waals surface area contributed by atoms with Crippen molar-refractivity contribution < 1.29 is 9.53 Å². The Morgan fingerprint density at radius 1 is 1.21 bits per heavy atom. The number of aromatic nitrogens is 2. The fourth-order valence-electron chi connectivity index (χ4n) is 3.22. The van der Waals surface area contributed by atoms with Crippen LogP contribution in [0, 0.1) is 0 Å². The standard InChI is InChI=1S/C21H21ClN4O2/c1-26(17-7-5-14(6-8-17)20-13-23-9-10-28-20)21(27)19-12-18(24-25-19)15-3-2-4-16(22)11-15/h2-8,11-12,20,23H,9-10,13H2,1H3,(H,24,25)/t20-/m1/s1. The van der Waals surface area contributed by atoms with Gasteiger partial charge in [0.25, 0.3) is 5.91 Å². The van der Waals surface area contributed by atoms with Crippen molar-refractivity contribution in [2.75, 3.05) is 31.6 Å². The first-order valence-electron chi connectivity index (χ1n) is 9.13. The molecular formula is C21H21ClN4O2. The van der Waals surface area contributed by atoms with E-state index in [0.29, 0.717) is 23.0 Å². The number of ether oxygens (including phenoxy) is 1. The fraction of sp³-hybridized carbons (Fsp3) is 0.238. The Morgan fingerprint density at radius 3 is 2.75 bits per heavy atom. The number of anilines is 1. The van der Waals surface area contributed by atoms with Crippen LogP contribution in [0.25, 0.3) is 11.3 Å². The average molecular weight is 397 g/mol. The average Bonchev–Trinajstić information content (AvgIpc) is 3.24. The SMILES string of the molecule is CN(C(=O)c1cc(-c2cccc(Cl)c2)n[nH]1)c1ccc([C@H]2CNCCO2)cc1. The number of H-pyrrole nitrogens is 1. The van der Waals surface area contributed by atoms with E-state index in [4.69, 9.17) is 16.3 Å². The van der Waals surface area contributed by atoms with E-state index < -0.39 is 0 Å². The van der Waals surface area contributed by atoms with E-state index in [1.54, 1.807) is 24.1 Å². The number of hydrogen-bond donors (Lipinski definition) is 2. The molecule has 1 atom stereocenters. The quantitative estimate of drug-likeness (QED) is 0.706. The molecule has 1 aromatic heterocycles. The van der Waals surface area contributed by atoms with Crippen molar-refractivity contribution >= 4 is 23.2 Å². The third kappa shape index (κ3) is 3.94. The van der Waals surface area contributed by atoms with Gasteiger partial charge in [0.15, 0.2) is 0 Å². The number of nitrogens with zero attached hydrogens (tertiary/aromatic N) is 2. The Hall–Kier alpha value is -2.67. The summed E-state index contributed by atoms with van der Waals surface area (Å²) < 4.78 is 5.77. The van der Waals surface area contributed by atoms with Crippen molar-refractivity contribution in [3.63, 3.8) is 0 Å². The smallest absolute Gasteiger partial charge is 0.276 e. The van der Waals surface area contributed by atoms with Crippen molar-refractivity contribution in [2.45, 2.75) is 6.10 Å². The van der Waals surface area contributed by atoms with Crippen LogP contribution in [-0.4, -0.2) is 42.8 Å². The van der Waals surface area contributed by atoms with Crippen molar-refractivity contribution in [3.05, 3.63) is 70.9 Å². The molecule has 6 nitrogen and oxygen atoms in total. The van der Waals surface area contributed by atoms with Gasteiger partial charge >= 0.3 is 0 Å². The molecule has 1 fully saturated rings. The zero-order valence-corrected chi connectivity index (χ0v) is 16.2. The maximum Gasteiger partial charge on any atom is 0.276 e. The molecule has 0 aliphatic carbocycles. The highest BCUT2D eigenvalue weighted by atomic mass is 35.5. The van der Waals surface area contributed by atoms with E-state index in [1.165, 1.54) is 0 Å². The molecule has 0 saturated carbocycles. The molecule has 2 aromatic carbocycles. The first-order valence-corrected chi connectivity index (χ1v) is 9.51. The van der Waals surface area contributed by atoms with Crippen LogP contribution < -0.4 is 10.2 Å². The van der Waals surface area contributed by atoms with Crippen LogP contribution in [0.15, 0.2) is 54.6 Å². The summed E-state index contributed by atoms with van der Waals surface area (Å²) in [6.45, 7) is 2.39. The van der Waals surface area contributed by atoms with E-state index in [9.17, 15) is 4.79 Å². The predicted octanol–water partition coefficient (Wildman–Crippen LogP) is 3.67. The Balaban J connectivity index is 1.49. The lowest BCUT2D eigenvalue weighted by Gasteiger charge is -2.24. The number of carbonyl (C=O) groups excluding carboxylic acids is 1. The highest BCUT2D eigenvalue weighted by molar-refractivity contribution is 6.30. The molecule has 4 rings (SSSR count). The number of nitrogens with one attached hydrogen (secondary N) is 2. The highest BCUT2D eigenvalue weighted by Gasteiger charge is 2.19. The van der Waals surface area contributed by atoms with Crippen LogP contribution in [-0.2, 0) is 4.74 Å². The van der Waals surface area contributed by atoms with E-state index in [-0.39, 0.29) is 12.0 Å². The van der Waals surface area contributed by atoms with Gasteiger partial charge in [0.1, 0.15) is 5.69 Å². The zero-order valence-electron chi connectivity index (χ0n) is 15.5. The van der Waals surface area contributed by atoms with E-state index in [0.717, 1.165) is 29.9 Å². The molecule has 0 unspecified atom stereocenters. The van der Waals surface area contributed by atoms with Gasteiger partial charge in [-0.2, -0.15) is 5.10 Å². The van der Waals surface area contributed by atoms with E-state index in [2.05, 4.69) is 15.5 Å². The number of amides is 1. The highest BCUT2D eigenvalue weighted by Crippen LogP contribution is 2.24. The molecule has 0 bridgehead atoms. The maximum absolute atomic E-state index is 12.8. The minimum atomic E-state index is -0.163. The van der Waals surface area contributed by atoms with E-state index >= 15 is 0 Å². The Kier molecular flexibility index (Phi) is 5.43. The lowest BCUT2D eigenvalue weighted by atomic mass is 10.1. The number of morpholine rings is 1. The van der Waals surface area contributed by atoms with Crippen LogP contribution in [0.3, 0.4) is 0 Å². The van der Waals surface area contributed by atoms with Crippen LogP contribution >= 0.6 is 11.6 Å². The predicted molar refractivity (Wildman–Crippen MR) is 110 cm³/mol. The van der Waals surface area contributed by atoms with Gasteiger partial charge in [0.05, 0.1) is 18.4 Å². The molecule has 2 heterocycles. The van der Waals surface area contributed by atoms with Gasteiger partial charge in [-0.15, -0.1) is 0 Å². The lowest BCUT2D eigenvalue weighted by molar-refractivity contribution is 0.0277. The summed E-state index contributed by atoms with van der Waals surface area (Å²) in [5, 5.41) is 11.0. The van der Waals surface area contributed by atoms with Gasteiger partial charge in [-0.25, -0.2) is 0 Å². The van der Waals surface area contributed by atoms with Crippen LogP contribution in [0.5, 0.6) is 0 Å². The molecule has 2 N–H and O–H groups in total. The molecule has 28 heavy (non-hydrogen) atoms. The second kappa shape index (κ2) is 8.14.